The van der Waals surface area contributed by atoms with Gasteiger partial charge in [0.1, 0.15) is 13.2 Å². The minimum absolute atomic E-state index is 0.0787. The zero-order valence-electron chi connectivity index (χ0n) is 41.4. The molecule has 0 heterocycles. The summed E-state index contributed by atoms with van der Waals surface area (Å²) >= 11 is 0. The predicted octanol–water partition coefficient (Wildman–Crippen LogP) is 17.7. The fourth-order valence-corrected chi connectivity index (χ4v) is 7.71. The van der Waals surface area contributed by atoms with Gasteiger partial charge in [-0.05, 0) is 89.9 Å². The standard InChI is InChI=1S/C56H102O6/c1-4-7-10-13-16-19-22-24-26-28-30-31-34-37-40-43-46-49-55(58)61-52-53(51-60-54(57)48-45-42-39-36-33-21-18-15-12-9-6-3)62-56(59)50-47-44-41-38-35-32-29-27-25-23-20-17-14-11-8-5-2/h15,18,24,26-27,29,53H,4-14,16-17,19-23,25,28,30-52H2,1-3H3/b18-15-,26-24-,29-27-/t53-/m1/s1. The number of carbonyl (C=O) groups excluding carboxylic acids is 3. The van der Waals surface area contributed by atoms with Crippen LogP contribution in [-0.2, 0) is 28.6 Å². The minimum Gasteiger partial charge on any atom is -0.462 e. The number of hydrogen-bond acceptors (Lipinski definition) is 6. The molecule has 0 saturated carbocycles. The van der Waals surface area contributed by atoms with Gasteiger partial charge in [0.2, 0.25) is 0 Å². The van der Waals surface area contributed by atoms with Gasteiger partial charge in [-0.25, -0.2) is 0 Å². The maximum Gasteiger partial charge on any atom is 0.306 e. The molecule has 62 heavy (non-hydrogen) atoms. The first-order chi connectivity index (χ1) is 30.5. The van der Waals surface area contributed by atoms with Gasteiger partial charge in [-0.2, -0.15) is 0 Å². The molecule has 0 aromatic heterocycles. The first kappa shape index (κ1) is 59.6. The van der Waals surface area contributed by atoms with E-state index in [2.05, 4.69) is 57.2 Å². The van der Waals surface area contributed by atoms with Crippen molar-refractivity contribution in [3.63, 3.8) is 0 Å². The largest absolute Gasteiger partial charge is 0.462 e. The van der Waals surface area contributed by atoms with E-state index in [0.717, 1.165) is 70.6 Å². The summed E-state index contributed by atoms with van der Waals surface area (Å²) in [4.78, 5) is 38.0. The lowest BCUT2D eigenvalue weighted by atomic mass is 10.1. The van der Waals surface area contributed by atoms with Crippen molar-refractivity contribution in [1.29, 1.82) is 0 Å². The Morgan fingerprint density at radius 2 is 0.548 bits per heavy atom. The SMILES string of the molecule is CCCC/C=C\CCCCCCCC(=O)OC[C@H](COC(=O)CCCCCCCCC/C=C\CCCCCCCC)OC(=O)CCCCCCC/C=C\CCCCCCCCC. The number of esters is 3. The Balaban J connectivity index is 4.35. The van der Waals surface area contributed by atoms with E-state index in [0.29, 0.717) is 19.3 Å². The van der Waals surface area contributed by atoms with Crippen molar-refractivity contribution < 1.29 is 28.6 Å². The Hall–Kier alpha value is -2.37. The number of carbonyl (C=O) groups is 3. The molecular formula is C56H102O6. The smallest absolute Gasteiger partial charge is 0.306 e. The molecule has 6 nitrogen and oxygen atoms in total. The van der Waals surface area contributed by atoms with E-state index in [1.807, 2.05) is 0 Å². The number of ether oxygens (including phenoxy) is 3. The van der Waals surface area contributed by atoms with Crippen LogP contribution in [-0.4, -0.2) is 37.2 Å². The molecule has 6 heteroatoms. The molecule has 0 N–H and O–H groups in total. The van der Waals surface area contributed by atoms with Crippen LogP contribution in [0.1, 0.15) is 284 Å². The van der Waals surface area contributed by atoms with Crippen molar-refractivity contribution in [2.24, 2.45) is 0 Å². The number of allylic oxidation sites excluding steroid dienone is 6. The molecule has 0 bridgehead atoms. The third kappa shape index (κ3) is 48.7. The normalized spacial score (nSPS) is 12.2. The molecule has 0 unspecified atom stereocenters. The summed E-state index contributed by atoms with van der Waals surface area (Å²) in [6.07, 6.45) is 59.8. The Morgan fingerprint density at radius 3 is 0.855 bits per heavy atom. The highest BCUT2D eigenvalue weighted by molar-refractivity contribution is 5.71. The summed E-state index contributed by atoms with van der Waals surface area (Å²) in [6, 6.07) is 0. The summed E-state index contributed by atoms with van der Waals surface area (Å²) < 4.78 is 16.8. The molecule has 0 aromatic carbocycles. The molecule has 1 atom stereocenters. The lowest BCUT2D eigenvalue weighted by Crippen LogP contribution is -2.30. The molecule has 0 aromatic rings. The van der Waals surface area contributed by atoms with Crippen LogP contribution in [0.15, 0.2) is 36.5 Å². The topological polar surface area (TPSA) is 78.9 Å². The Morgan fingerprint density at radius 1 is 0.306 bits per heavy atom. The molecule has 0 rings (SSSR count). The molecule has 0 spiro atoms. The van der Waals surface area contributed by atoms with Crippen molar-refractivity contribution in [3.8, 4) is 0 Å². The molecule has 0 fully saturated rings. The van der Waals surface area contributed by atoms with E-state index in [9.17, 15) is 14.4 Å². The van der Waals surface area contributed by atoms with Crippen LogP contribution in [0.4, 0.5) is 0 Å². The second-order valence-corrected chi connectivity index (χ2v) is 18.1. The van der Waals surface area contributed by atoms with Gasteiger partial charge >= 0.3 is 17.9 Å². The van der Waals surface area contributed by atoms with Gasteiger partial charge in [0.05, 0.1) is 0 Å². The van der Waals surface area contributed by atoms with Crippen LogP contribution >= 0.6 is 0 Å². The molecule has 362 valence electrons. The van der Waals surface area contributed by atoms with Crippen LogP contribution in [0, 0.1) is 0 Å². The summed E-state index contributed by atoms with van der Waals surface area (Å²) in [5.74, 6) is -0.891. The van der Waals surface area contributed by atoms with Crippen molar-refractivity contribution >= 4 is 17.9 Å². The van der Waals surface area contributed by atoms with Gasteiger partial charge in [-0.1, -0.05) is 211 Å². The molecule has 0 saturated heterocycles. The lowest BCUT2D eigenvalue weighted by Gasteiger charge is -2.18. The summed E-state index contributed by atoms with van der Waals surface area (Å²) in [6.45, 7) is 6.60. The van der Waals surface area contributed by atoms with E-state index in [4.69, 9.17) is 14.2 Å². The van der Waals surface area contributed by atoms with Crippen molar-refractivity contribution in [2.75, 3.05) is 13.2 Å². The van der Waals surface area contributed by atoms with Gasteiger partial charge in [0, 0.05) is 19.3 Å². The molecule has 0 amide bonds. The van der Waals surface area contributed by atoms with Gasteiger partial charge in [-0.3, -0.25) is 14.4 Å². The third-order valence-electron chi connectivity index (χ3n) is 11.8. The first-order valence-electron chi connectivity index (χ1n) is 27.0. The zero-order chi connectivity index (χ0) is 45.1. The zero-order valence-corrected chi connectivity index (χ0v) is 41.4. The van der Waals surface area contributed by atoms with E-state index in [-0.39, 0.29) is 31.1 Å². The third-order valence-corrected chi connectivity index (χ3v) is 11.8. The van der Waals surface area contributed by atoms with Crippen molar-refractivity contribution in [2.45, 2.75) is 290 Å². The van der Waals surface area contributed by atoms with Gasteiger partial charge in [0.25, 0.3) is 0 Å². The summed E-state index contributed by atoms with van der Waals surface area (Å²) in [7, 11) is 0. The summed E-state index contributed by atoms with van der Waals surface area (Å²) in [5.41, 5.74) is 0. The van der Waals surface area contributed by atoms with E-state index >= 15 is 0 Å². The maximum absolute atomic E-state index is 12.8. The van der Waals surface area contributed by atoms with E-state index < -0.39 is 6.10 Å². The van der Waals surface area contributed by atoms with Gasteiger partial charge in [0.15, 0.2) is 6.10 Å². The van der Waals surface area contributed by atoms with Gasteiger partial charge < -0.3 is 14.2 Å². The predicted molar refractivity (Wildman–Crippen MR) is 266 cm³/mol. The molecule has 0 aliphatic rings. The highest BCUT2D eigenvalue weighted by Gasteiger charge is 2.19. The van der Waals surface area contributed by atoms with Crippen LogP contribution in [0.2, 0.25) is 0 Å². The number of hydrogen-bond donors (Lipinski definition) is 0. The molecule has 0 aliphatic carbocycles. The fourth-order valence-electron chi connectivity index (χ4n) is 7.71. The lowest BCUT2D eigenvalue weighted by molar-refractivity contribution is -0.167. The molecule has 0 aliphatic heterocycles. The van der Waals surface area contributed by atoms with Crippen LogP contribution < -0.4 is 0 Å². The van der Waals surface area contributed by atoms with Crippen LogP contribution in [0.25, 0.3) is 0 Å². The molecule has 0 radical (unpaired) electrons. The minimum atomic E-state index is -0.779. The average Bonchev–Trinajstić information content (AvgIpc) is 3.27. The van der Waals surface area contributed by atoms with E-state index in [1.165, 1.54) is 173 Å². The maximum atomic E-state index is 12.8. The fraction of sp³-hybridized carbons (Fsp3) is 0.839. The summed E-state index contributed by atoms with van der Waals surface area (Å²) in [5, 5.41) is 0. The quantitative estimate of drug-likeness (QED) is 0.0262. The van der Waals surface area contributed by atoms with Crippen molar-refractivity contribution in [1.82, 2.24) is 0 Å². The monoisotopic (exact) mass is 871 g/mol. The molecular weight excluding hydrogens is 769 g/mol. The van der Waals surface area contributed by atoms with Crippen LogP contribution in [0.5, 0.6) is 0 Å². The average molecular weight is 871 g/mol. The Labute approximate surface area is 385 Å². The number of unbranched alkanes of at least 4 members (excludes halogenated alkanes) is 32. The highest BCUT2D eigenvalue weighted by atomic mass is 16.6. The second kappa shape index (κ2) is 51.3. The second-order valence-electron chi connectivity index (χ2n) is 18.1. The Kier molecular flexibility index (Phi) is 49.3. The van der Waals surface area contributed by atoms with Crippen LogP contribution in [0.3, 0.4) is 0 Å². The Bertz CT molecular complexity index is 1050. The van der Waals surface area contributed by atoms with E-state index in [1.54, 1.807) is 0 Å². The highest BCUT2D eigenvalue weighted by Crippen LogP contribution is 2.15. The van der Waals surface area contributed by atoms with Gasteiger partial charge in [-0.15, -0.1) is 0 Å². The number of rotatable bonds is 49. The first-order valence-corrected chi connectivity index (χ1v) is 27.0. The van der Waals surface area contributed by atoms with Crippen molar-refractivity contribution in [3.05, 3.63) is 36.5 Å².